The number of nitrogens with one attached hydrogen (secondary N) is 2. The Labute approximate surface area is 271 Å². The molecule has 3 aromatic carbocycles. The SMILES string of the molecule is CNC(=O)CNC1CCC(=CN(C)c2ccc(N3C(=O)Cc4cc(OC)c(OC(C)C)cc4[C@@H]3c3ccc(Cl)cc3)cc2)CC1. The highest BCUT2D eigenvalue weighted by molar-refractivity contribution is 6.30. The lowest BCUT2D eigenvalue weighted by Crippen LogP contribution is -2.41. The van der Waals surface area contributed by atoms with E-state index in [0.717, 1.165) is 53.7 Å². The molecule has 5 rings (SSSR count). The number of fused-ring (bicyclic) bond motifs is 1. The zero-order chi connectivity index (χ0) is 32.1. The third kappa shape index (κ3) is 7.63. The van der Waals surface area contributed by atoms with Crippen LogP contribution in [0.1, 0.15) is 62.3 Å². The number of likely N-dealkylation sites (N-methyl/N-ethyl adjacent to an activating group) is 1. The number of anilines is 2. The molecule has 1 fully saturated rings. The number of benzene rings is 3. The van der Waals surface area contributed by atoms with Gasteiger partial charge in [-0.1, -0.05) is 29.3 Å². The van der Waals surface area contributed by atoms with E-state index in [4.69, 9.17) is 21.1 Å². The fourth-order valence-corrected chi connectivity index (χ4v) is 6.30. The zero-order valence-electron chi connectivity index (χ0n) is 26.7. The van der Waals surface area contributed by atoms with E-state index in [1.807, 2.05) is 67.3 Å². The second kappa shape index (κ2) is 14.4. The van der Waals surface area contributed by atoms with Gasteiger partial charge in [-0.15, -0.1) is 0 Å². The molecule has 1 atom stereocenters. The first kappa shape index (κ1) is 32.4. The monoisotopic (exact) mass is 630 g/mol. The van der Waals surface area contributed by atoms with Gasteiger partial charge in [-0.3, -0.25) is 9.59 Å². The molecule has 238 valence electrons. The van der Waals surface area contributed by atoms with Crippen molar-refractivity contribution in [3.63, 3.8) is 0 Å². The van der Waals surface area contributed by atoms with Crippen LogP contribution >= 0.6 is 11.6 Å². The fraction of sp³-hybridized carbons (Fsp3) is 0.389. The standard InChI is InChI=1S/C36H43ClN4O4/c1-23(2)45-33-20-31-26(18-32(33)44-5)19-35(43)41(36(31)25-8-10-27(37)11-9-25)30-16-14-29(15-17-30)40(4)22-24-6-12-28(13-7-24)39-21-34(42)38-3/h8-11,14-18,20,22-23,28,36,39H,6-7,12-13,19,21H2,1-5H3,(H,38,42)/t28?,36-/m0/s1. The Balaban J connectivity index is 1.40. The summed E-state index contributed by atoms with van der Waals surface area (Å²) in [6.07, 6.45) is 6.44. The molecule has 1 aliphatic heterocycles. The second-order valence-electron chi connectivity index (χ2n) is 12.0. The van der Waals surface area contributed by atoms with Crippen LogP contribution in [0.3, 0.4) is 0 Å². The molecule has 2 aliphatic rings. The number of carbonyl (C=O) groups excluding carboxylic acids is 2. The Kier molecular flexibility index (Phi) is 10.4. The first-order chi connectivity index (χ1) is 21.7. The first-order valence-corrected chi connectivity index (χ1v) is 16.0. The molecule has 8 nitrogen and oxygen atoms in total. The highest BCUT2D eigenvalue weighted by Crippen LogP contribution is 2.44. The topological polar surface area (TPSA) is 83.1 Å². The number of methoxy groups -OCH3 is 1. The van der Waals surface area contributed by atoms with Gasteiger partial charge in [-0.25, -0.2) is 0 Å². The van der Waals surface area contributed by atoms with E-state index in [0.29, 0.717) is 29.1 Å². The number of ether oxygens (including phenoxy) is 2. The summed E-state index contributed by atoms with van der Waals surface area (Å²) >= 11 is 6.27. The number of rotatable bonds is 10. The third-order valence-electron chi connectivity index (χ3n) is 8.51. The molecule has 1 aliphatic carbocycles. The number of hydrogen-bond acceptors (Lipinski definition) is 6. The van der Waals surface area contributed by atoms with Crippen LogP contribution in [0, 0.1) is 0 Å². The highest BCUT2D eigenvalue weighted by Gasteiger charge is 2.36. The number of hydrogen-bond donors (Lipinski definition) is 2. The molecular formula is C36H43ClN4O4. The van der Waals surface area contributed by atoms with Gasteiger partial charge in [0.05, 0.1) is 32.2 Å². The molecule has 2 N–H and O–H groups in total. The summed E-state index contributed by atoms with van der Waals surface area (Å²) in [5.41, 5.74) is 6.13. The van der Waals surface area contributed by atoms with Crippen molar-refractivity contribution in [2.75, 3.05) is 37.5 Å². The maximum atomic E-state index is 13.9. The van der Waals surface area contributed by atoms with Gasteiger partial charge in [0.25, 0.3) is 0 Å². The Morgan fingerprint density at radius 3 is 2.38 bits per heavy atom. The van der Waals surface area contributed by atoms with E-state index < -0.39 is 0 Å². The summed E-state index contributed by atoms with van der Waals surface area (Å²) in [5.74, 6) is 1.29. The van der Waals surface area contributed by atoms with E-state index in [1.54, 1.807) is 14.2 Å². The molecular weight excluding hydrogens is 588 g/mol. The van der Waals surface area contributed by atoms with Crippen molar-refractivity contribution in [1.82, 2.24) is 10.6 Å². The minimum Gasteiger partial charge on any atom is -0.493 e. The Hall–Kier alpha value is -4.01. The Morgan fingerprint density at radius 1 is 1.07 bits per heavy atom. The highest BCUT2D eigenvalue weighted by atomic mass is 35.5. The summed E-state index contributed by atoms with van der Waals surface area (Å²) < 4.78 is 11.8. The van der Waals surface area contributed by atoms with Crippen LogP contribution in [-0.2, 0) is 16.0 Å². The minimum absolute atomic E-state index is 0.00652. The number of allylic oxidation sites excluding steroid dienone is 1. The van der Waals surface area contributed by atoms with Gasteiger partial charge in [0.15, 0.2) is 11.5 Å². The smallest absolute Gasteiger partial charge is 0.233 e. The van der Waals surface area contributed by atoms with Crippen LogP contribution < -0.4 is 29.9 Å². The van der Waals surface area contributed by atoms with Crippen molar-refractivity contribution in [3.05, 3.63) is 94.1 Å². The van der Waals surface area contributed by atoms with Crippen LogP contribution in [0.25, 0.3) is 0 Å². The normalized spacial score (nSPS) is 18.0. The van der Waals surface area contributed by atoms with Crippen LogP contribution in [0.2, 0.25) is 5.02 Å². The molecule has 1 heterocycles. The average molecular weight is 631 g/mol. The number of carbonyl (C=O) groups is 2. The predicted molar refractivity (Wildman–Crippen MR) is 180 cm³/mol. The summed E-state index contributed by atoms with van der Waals surface area (Å²) in [4.78, 5) is 29.4. The van der Waals surface area contributed by atoms with Crippen LogP contribution in [-0.4, -0.2) is 51.7 Å². The molecule has 0 saturated heterocycles. The molecule has 9 heteroatoms. The van der Waals surface area contributed by atoms with Crippen molar-refractivity contribution in [3.8, 4) is 11.5 Å². The molecule has 0 unspecified atom stereocenters. The molecule has 1 saturated carbocycles. The van der Waals surface area contributed by atoms with Gasteiger partial charge in [-0.05, 0) is 105 Å². The molecule has 0 spiro atoms. The lowest BCUT2D eigenvalue weighted by Gasteiger charge is -2.38. The van der Waals surface area contributed by atoms with Gasteiger partial charge in [-0.2, -0.15) is 0 Å². The predicted octanol–water partition coefficient (Wildman–Crippen LogP) is 6.41. The molecule has 45 heavy (non-hydrogen) atoms. The van der Waals surface area contributed by atoms with Crippen LogP contribution in [0.5, 0.6) is 11.5 Å². The molecule has 0 aromatic heterocycles. The van der Waals surface area contributed by atoms with Crippen molar-refractivity contribution in [2.24, 2.45) is 0 Å². The van der Waals surface area contributed by atoms with E-state index >= 15 is 0 Å². The molecule has 0 bridgehead atoms. The lowest BCUT2D eigenvalue weighted by molar-refractivity contribution is -0.120. The van der Waals surface area contributed by atoms with Gasteiger partial charge in [0.2, 0.25) is 11.8 Å². The van der Waals surface area contributed by atoms with Crippen molar-refractivity contribution in [2.45, 2.75) is 64.1 Å². The lowest BCUT2D eigenvalue weighted by atomic mass is 9.86. The van der Waals surface area contributed by atoms with E-state index in [9.17, 15) is 9.59 Å². The van der Waals surface area contributed by atoms with Gasteiger partial charge in [0.1, 0.15) is 0 Å². The van der Waals surface area contributed by atoms with Gasteiger partial charge >= 0.3 is 0 Å². The largest absolute Gasteiger partial charge is 0.493 e. The number of halogens is 1. The summed E-state index contributed by atoms with van der Waals surface area (Å²) in [6, 6.07) is 19.8. The second-order valence-corrected chi connectivity index (χ2v) is 12.4. The molecule has 3 aromatic rings. The maximum absolute atomic E-state index is 13.9. The Morgan fingerprint density at radius 2 is 1.76 bits per heavy atom. The Bertz CT molecular complexity index is 1530. The summed E-state index contributed by atoms with van der Waals surface area (Å²) in [7, 11) is 5.33. The zero-order valence-corrected chi connectivity index (χ0v) is 27.5. The minimum atomic E-state index is -0.364. The fourth-order valence-electron chi connectivity index (χ4n) is 6.17. The van der Waals surface area contributed by atoms with Gasteiger partial charge < -0.3 is 29.9 Å². The van der Waals surface area contributed by atoms with Crippen molar-refractivity contribution < 1.29 is 19.1 Å². The number of amides is 2. The average Bonchev–Trinajstić information content (AvgIpc) is 3.04. The maximum Gasteiger partial charge on any atom is 0.233 e. The molecule has 0 radical (unpaired) electrons. The summed E-state index contributed by atoms with van der Waals surface area (Å²) in [6.45, 7) is 4.33. The van der Waals surface area contributed by atoms with Crippen molar-refractivity contribution >= 4 is 34.8 Å². The third-order valence-corrected chi connectivity index (χ3v) is 8.76. The van der Waals surface area contributed by atoms with Gasteiger partial charge in [0, 0.05) is 42.7 Å². The molecule has 2 amide bonds. The number of nitrogens with zero attached hydrogens (tertiary/aromatic N) is 2. The van der Waals surface area contributed by atoms with Crippen molar-refractivity contribution in [1.29, 1.82) is 0 Å². The van der Waals surface area contributed by atoms with E-state index in [-0.39, 0.29) is 30.4 Å². The quantitative estimate of drug-likeness (QED) is 0.269. The van der Waals surface area contributed by atoms with E-state index in [2.05, 4.69) is 40.9 Å². The summed E-state index contributed by atoms with van der Waals surface area (Å²) in [5, 5.41) is 6.65. The van der Waals surface area contributed by atoms with Crippen LogP contribution in [0.15, 0.2) is 72.4 Å². The van der Waals surface area contributed by atoms with Crippen LogP contribution in [0.4, 0.5) is 11.4 Å². The first-order valence-electron chi connectivity index (χ1n) is 15.6. The van der Waals surface area contributed by atoms with E-state index in [1.165, 1.54) is 5.57 Å².